The van der Waals surface area contributed by atoms with Gasteiger partial charge in [-0.1, -0.05) is 37.9 Å². The summed E-state index contributed by atoms with van der Waals surface area (Å²) in [6.07, 6.45) is 11.6. The van der Waals surface area contributed by atoms with Gasteiger partial charge in [0.15, 0.2) is 6.61 Å². The standard InChI is InChI=1S/C31H47N3O6/c1-6-7-26(29(38)39)33-28(37)18(2)32-27(36)17-40-34-21-12-14-30(4)20(16-21)8-9-22-24-11-10-23(19(3)35)31(24,5)15-13-25(22)30/h16,18,22-26H,6-15,17H2,1-5H3,(H,32,36)(H,33,37)(H,38,39)/b34-21-/t18-,22+,23-,24-,25-,26+,30+,31-/m1/s1. The zero-order chi connectivity index (χ0) is 29.2. The number of amides is 2. The molecule has 0 heterocycles. The average molecular weight is 558 g/mol. The van der Waals surface area contributed by atoms with E-state index in [0.29, 0.717) is 36.4 Å². The number of nitrogens with zero attached hydrogens (tertiary/aromatic N) is 1. The Morgan fingerprint density at radius 2 is 1.82 bits per heavy atom. The summed E-state index contributed by atoms with van der Waals surface area (Å²) < 4.78 is 0. The van der Waals surface area contributed by atoms with Crippen molar-refractivity contribution >= 4 is 29.3 Å². The van der Waals surface area contributed by atoms with E-state index < -0.39 is 29.9 Å². The molecule has 0 radical (unpaired) electrons. The summed E-state index contributed by atoms with van der Waals surface area (Å²) in [5.41, 5.74) is 2.57. The number of nitrogens with one attached hydrogen (secondary N) is 2. The fourth-order valence-corrected chi connectivity index (χ4v) is 8.68. The zero-order valence-corrected chi connectivity index (χ0v) is 24.8. The van der Waals surface area contributed by atoms with Gasteiger partial charge in [0, 0.05) is 5.92 Å². The van der Waals surface area contributed by atoms with E-state index in [1.165, 1.54) is 25.3 Å². The lowest BCUT2D eigenvalue weighted by Gasteiger charge is -2.58. The minimum absolute atomic E-state index is 0.142. The molecule has 0 aliphatic heterocycles. The number of hydrogen-bond donors (Lipinski definition) is 3. The van der Waals surface area contributed by atoms with Crippen LogP contribution in [0.5, 0.6) is 0 Å². The van der Waals surface area contributed by atoms with Crippen molar-refractivity contribution < 1.29 is 29.1 Å². The van der Waals surface area contributed by atoms with Crippen molar-refractivity contribution in [2.24, 2.45) is 39.7 Å². The van der Waals surface area contributed by atoms with Crippen molar-refractivity contribution in [1.82, 2.24) is 10.6 Å². The molecule has 3 fully saturated rings. The van der Waals surface area contributed by atoms with Crippen LogP contribution in [0.1, 0.15) is 98.8 Å². The predicted molar refractivity (Wildman–Crippen MR) is 151 cm³/mol. The van der Waals surface area contributed by atoms with E-state index in [9.17, 15) is 24.3 Å². The van der Waals surface area contributed by atoms with E-state index in [4.69, 9.17) is 4.84 Å². The summed E-state index contributed by atoms with van der Waals surface area (Å²) >= 11 is 0. The molecule has 0 unspecified atom stereocenters. The van der Waals surface area contributed by atoms with Gasteiger partial charge in [-0.15, -0.1) is 0 Å². The minimum Gasteiger partial charge on any atom is -0.480 e. The molecule has 0 aromatic carbocycles. The Kier molecular flexibility index (Phi) is 9.10. The van der Waals surface area contributed by atoms with Gasteiger partial charge >= 0.3 is 5.97 Å². The molecule has 4 rings (SSSR count). The van der Waals surface area contributed by atoms with Gasteiger partial charge in [-0.25, -0.2) is 4.79 Å². The number of rotatable bonds is 10. The first-order chi connectivity index (χ1) is 18.9. The van der Waals surface area contributed by atoms with Crippen molar-refractivity contribution in [1.29, 1.82) is 0 Å². The molecular weight excluding hydrogens is 510 g/mol. The molecule has 3 saturated carbocycles. The highest BCUT2D eigenvalue weighted by Gasteiger charge is 2.59. The molecular formula is C31H47N3O6. The number of carboxylic acid groups (broad SMARTS) is 1. The van der Waals surface area contributed by atoms with E-state index in [2.05, 4.69) is 35.7 Å². The van der Waals surface area contributed by atoms with Crippen LogP contribution >= 0.6 is 0 Å². The second kappa shape index (κ2) is 12.0. The van der Waals surface area contributed by atoms with Crippen molar-refractivity contribution in [3.8, 4) is 0 Å². The Hall–Kier alpha value is -2.71. The summed E-state index contributed by atoms with van der Waals surface area (Å²) in [5, 5.41) is 18.5. The molecule has 0 spiro atoms. The maximum Gasteiger partial charge on any atom is 0.326 e. The summed E-state index contributed by atoms with van der Waals surface area (Å²) in [4.78, 5) is 53.7. The third kappa shape index (κ3) is 5.84. The van der Waals surface area contributed by atoms with Gasteiger partial charge in [-0.3, -0.25) is 14.4 Å². The normalized spacial score (nSPS) is 35.3. The number of oxime groups is 1. The number of carbonyl (C=O) groups is 4. The highest BCUT2D eigenvalue weighted by molar-refractivity contribution is 5.96. The van der Waals surface area contributed by atoms with Crippen LogP contribution in [-0.4, -0.2) is 53.1 Å². The SMILES string of the molecule is CCC[C@H](NC(=O)[C@@H](C)NC(=O)CO/N=C1\C=C2CC[C@H]3[C@H]4CC[C@H](C(C)=O)[C@@]4(C)CC[C@H]3[C@@]2(C)CC1)C(=O)O. The van der Waals surface area contributed by atoms with Crippen molar-refractivity contribution in [3.63, 3.8) is 0 Å². The first-order valence-corrected chi connectivity index (χ1v) is 15.1. The molecule has 0 bridgehead atoms. The average Bonchev–Trinajstić information content (AvgIpc) is 3.26. The van der Waals surface area contributed by atoms with E-state index in [-0.39, 0.29) is 23.4 Å². The lowest BCUT2D eigenvalue weighted by molar-refractivity contribution is -0.142. The summed E-state index contributed by atoms with van der Waals surface area (Å²) in [6.45, 7) is 9.61. The van der Waals surface area contributed by atoms with Crippen LogP contribution in [0, 0.1) is 34.5 Å². The Morgan fingerprint density at radius 1 is 1.07 bits per heavy atom. The van der Waals surface area contributed by atoms with E-state index >= 15 is 0 Å². The molecule has 9 nitrogen and oxygen atoms in total. The van der Waals surface area contributed by atoms with Crippen LogP contribution in [-0.2, 0) is 24.0 Å². The molecule has 4 aliphatic carbocycles. The van der Waals surface area contributed by atoms with Crippen LogP contribution in [0.15, 0.2) is 16.8 Å². The molecule has 40 heavy (non-hydrogen) atoms. The fraction of sp³-hybridized carbons (Fsp3) is 0.774. The number of allylic oxidation sites excluding steroid dienone is 2. The van der Waals surface area contributed by atoms with Gasteiger partial charge in [0.2, 0.25) is 5.91 Å². The van der Waals surface area contributed by atoms with Gasteiger partial charge in [0.25, 0.3) is 5.91 Å². The third-order valence-corrected chi connectivity index (χ3v) is 10.8. The predicted octanol–water partition coefficient (Wildman–Crippen LogP) is 4.40. The molecule has 2 amide bonds. The van der Waals surface area contributed by atoms with Gasteiger partial charge < -0.3 is 20.6 Å². The van der Waals surface area contributed by atoms with E-state index in [1.807, 2.05) is 6.92 Å². The highest BCUT2D eigenvalue weighted by Crippen LogP contribution is 2.66. The monoisotopic (exact) mass is 557 g/mol. The molecule has 9 heteroatoms. The highest BCUT2D eigenvalue weighted by atomic mass is 16.6. The zero-order valence-electron chi connectivity index (χ0n) is 24.8. The molecule has 0 saturated heterocycles. The topological polar surface area (TPSA) is 134 Å². The van der Waals surface area contributed by atoms with E-state index in [1.54, 1.807) is 6.92 Å². The molecule has 0 aromatic rings. The van der Waals surface area contributed by atoms with Gasteiger partial charge in [-0.2, -0.15) is 0 Å². The maximum atomic E-state index is 12.4. The number of Topliss-reactive ketones (excluding diaryl/α,β-unsaturated/α-hetero) is 1. The summed E-state index contributed by atoms with van der Waals surface area (Å²) in [7, 11) is 0. The smallest absolute Gasteiger partial charge is 0.326 e. The Morgan fingerprint density at radius 3 is 2.50 bits per heavy atom. The number of fused-ring (bicyclic) bond motifs is 5. The first kappa shape index (κ1) is 30.3. The fourth-order valence-electron chi connectivity index (χ4n) is 8.68. The van der Waals surface area contributed by atoms with Crippen LogP contribution in [0.25, 0.3) is 0 Å². The lowest BCUT2D eigenvalue weighted by atomic mass is 9.46. The number of aliphatic carboxylic acids is 1. The van der Waals surface area contributed by atoms with E-state index in [0.717, 1.165) is 44.2 Å². The molecule has 0 aromatic heterocycles. The number of ketones is 1. The lowest BCUT2D eigenvalue weighted by Crippen LogP contribution is -2.51. The molecule has 222 valence electrons. The Bertz CT molecular complexity index is 1080. The Labute approximate surface area is 237 Å². The van der Waals surface area contributed by atoms with Crippen molar-refractivity contribution in [3.05, 3.63) is 11.6 Å². The molecule has 8 atom stereocenters. The third-order valence-electron chi connectivity index (χ3n) is 10.8. The van der Waals surface area contributed by atoms with Crippen molar-refractivity contribution in [2.45, 2.75) is 111 Å². The van der Waals surface area contributed by atoms with Crippen LogP contribution < -0.4 is 10.6 Å². The second-order valence-corrected chi connectivity index (χ2v) is 13.1. The number of carbonyl (C=O) groups excluding carboxylic acids is 3. The van der Waals surface area contributed by atoms with Crippen molar-refractivity contribution in [2.75, 3.05) is 6.61 Å². The van der Waals surface area contributed by atoms with Crippen LogP contribution in [0.3, 0.4) is 0 Å². The maximum absolute atomic E-state index is 12.4. The largest absolute Gasteiger partial charge is 0.480 e. The first-order valence-electron chi connectivity index (χ1n) is 15.1. The summed E-state index contributed by atoms with van der Waals surface area (Å²) in [6, 6.07) is -1.87. The Balaban J connectivity index is 1.31. The number of hydrogen-bond acceptors (Lipinski definition) is 6. The minimum atomic E-state index is -1.10. The summed E-state index contributed by atoms with van der Waals surface area (Å²) in [5.74, 6) is 0.407. The van der Waals surface area contributed by atoms with Gasteiger partial charge in [0.1, 0.15) is 17.9 Å². The van der Waals surface area contributed by atoms with Crippen LogP contribution in [0.4, 0.5) is 0 Å². The molecule has 3 N–H and O–H groups in total. The molecule has 4 aliphatic rings. The number of carboxylic acids is 1. The quantitative estimate of drug-likeness (QED) is 0.341. The van der Waals surface area contributed by atoms with Gasteiger partial charge in [0.05, 0.1) is 5.71 Å². The van der Waals surface area contributed by atoms with Crippen LogP contribution in [0.2, 0.25) is 0 Å². The van der Waals surface area contributed by atoms with Gasteiger partial charge in [-0.05, 0) is 106 Å². The second-order valence-electron chi connectivity index (χ2n) is 13.1.